The van der Waals surface area contributed by atoms with E-state index in [-0.39, 0.29) is 11.9 Å². The van der Waals surface area contributed by atoms with E-state index in [4.69, 9.17) is 11.6 Å². The lowest BCUT2D eigenvalue weighted by molar-refractivity contribution is 0.624. The molecule has 2 aromatic carbocycles. The predicted octanol–water partition coefficient (Wildman–Crippen LogP) is 4.37. The molecule has 0 amide bonds. The van der Waals surface area contributed by atoms with Crippen LogP contribution in [-0.2, 0) is 12.8 Å². The molecule has 19 heavy (non-hydrogen) atoms. The van der Waals surface area contributed by atoms with Crippen LogP contribution in [-0.4, -0.2) is 6.04 Å². The number of fused-ring (bicyclic) bond motifs is 1. The molecule has 0 aromatic heterocycles. The van der Waals surface area contributed by atoms with Crippen LogP contribution in [0.5, 0.6) is 0 Å². The van der Waals surface area contributed by atoms with Crippen LogP contribution in [0.4, 0.5) is 10.1 Å². The minimum absolute atomic E-state index is 0.195. The fraction of sp³-hybridized carbons (Fsp3) is 0.250. The lowest BCUT2D eigenvalue weighted by Crippen LogP contribution is -2.20. The smallest absolute Gasteiger partial charge is 0.146 e. The van der Waals surface area contributed by atoms with Crippen molar-refractivity contribution < 1.29 is 4.39 Å². The number of aryl methyl sites for hydroxylation is 1. The molecule has 0 saturated heterocycles. The van der Waals surface area contributed by atoms with E-state index in [2.05, 4.69) is 11.4 Å². The van der Waals surface area contributed by atoms with E-state index in [0.29, 0.717) is 5.69 Å². The second-order valence-corrected chi connectivity index (χ2v) is 5.58. The van der Waals surface area contributed by atoms with Crippen LogP contribution in [0.3, 0.4) is 0 Å². The predicted molar refractivity (Wildman–Crippen MR) is 77.4 cm³/mol. The Hall–Kier alpha value is -1.54. The van der Waals surface area contributed by atoms with Gasteiger partial charge in [0.1, 0.15) is 5.82 Å². The Morgan fingerprint density at radius 3 is 2.74 bits per heavy atom. The second kappa shape index (κ2) is 4.86. The van der Waals surface area contributed by atoms with E-state index in [1.165, 1.54) is 17.2 Å². The van der Waals surface area contributed by atoms with Gasteiger partial charge in [-0.05, 0) is 60.7 Å². The van der Waals surface area contributed by atoms with Crippen LogP contribution in [0.1, 0.15) is 16.7 Å². The molecule has 1 aliphatic carbocycles. The Labute approximate surface area is 117 Å². The average molecular weight is 276 g/mol. The Balaban J connectivity index is 1.78. The summed E-state index contributed by atoms with van der Waals surface area (Å²) < 4.78 is 13.7. The highest BCUT2D eigenvalue weighted by atomic mass is 35.5. The molecule has 1 unspecified atom stereocenters. The number of nitrogens with one attached hydrogen (secondary N) is 1. The van der Waals surface area contributed by atoms with Crippen molar-refractivity contribution in [2.75, 3.05) is 5.32 Å². The summed E-state index contributed by atoms with van der Waals surface area (Å²) in [4.78, 5) is 0. The molecule has 0 saturated carbocycles. The molecule has 0 heterocycles. The first kappa shape index (κ1) is 12.5. The number of hydrogen-bond donors (Lipinski definition) is 1. The summed E-state index contributed by atoms with van der Waals surface area (Å²) >= 11 is 6.00. The molecule has 0 bridgehead atoms. The average Bonchev–Trinajstić information content (AvgIpc) is 2.75. The molecule has 0 spiro atoms. The van der Waals surface area contributed by atoms with Crippen LogP contribution in [0.15, 0.2) is 36.4 Å². The van der Waals surface area contributed by atoms with Gasteiger partial charge in [-0.2, -0.15) is 0 Å². The molecular weight excluding hydrogens is 261 g/mol. The van der Waals surface area contributed by atoms with Gasteiger partial charge in [-0.3, -0.25) is 0 Å². The van der Waals surface area contributed by atoms with Crippen molar-refractivity contribution in [2.45, 2.75) is 25.8 Å². The molecular formula is C16H15ClFN. The van der Waals surface area contributed by atoms with Gasteiger partial charge in [0.2, 0.25) is 0 Å². The normalized spacial score (nSPS) is 17.3. The molecule has 0 fully saturated rings. The largest absolute Gasteiger partial charge is 0.379 e. The van der Waals surface area contributed by atoms with Gasteiger partial charge in [-0.15, -0.1) is 0 Å². The van der Waals surface area contributed by atoms with Gasteiger partial charge < -0.3 is 5.32 Å². The van der Waals surface area contributed by atoms with Crippen molar-refractivity contribution in [1.29, 1.82) is 0 Å². The van der Waals surface area contributed by atoms with Crippen molar-refractivity contribution >= 4 is 17.3 Å². The van der Waals surface area contributed by atoms with Gasteiger partial charge >= 0.3 is 0 Å². The van der Waals surface area contributed by atoms with E-state index < -0.39 is 0 Å². The summed E-state index contributed by atoms with van der Waals surface area (Å²) in [5, 5.41) is 4.06. The zero-order valence-corrected chi connectivity index (χ0v) is 11.5. The first-order valence-corrected chi connectivity index (χ1v) is 6.79. The second-order valence-electron chi connectivity index (χ2n) is 5.15. The Morgan fingerprint density at radius 2 is 1.89 bits per heavy atom. The molecule has 3 heteroatoms. The summed E-state index contributed by atoms with van der Waals surface area (Å²) in [6, 6.07) is 11.4. The van der Waals surface area contributed by atoms with Gasteiger partial charge in [-0.1, -0.05) is 23.7 Å². The fourth-order valence-electron chi connectivity index (χ4n) is 2.66. The molecule has 1 N–H and O–H groups in total. The van der Waals surface area contributed by atoms with Crippen molar-refractivity contribution in [3.05, 3.63) is 63.9 Å². The fourth-order valence-corrected chi connectivity index (χ4v) is 2.85. The van der Waals surface area contributed by atoms with Gasteiger partial charge in [0, 0.05) is 11.1 Å². The third-order valence-electron chi connectivity index (χ3n) is 3.58. The zero-order valence-electron chi connectivity index (χ0n) is 10.7. The standard InChI is InChI=1S/C16H15ClFN/c1-10-2-5-15(18)16(6-10)19-14-8-11-3-4-13(17)7-12(11)9-14/h2-7,14,19H,8-9H2,1H3. The minimum Gasteiger partial charge on any atom is -0.379 e. The summed E-state index contributed by atoms with van der Waals surface area (Å²) in [6.45, 7) is 1.97. The van der Waals surface area contributed by atoms with Crippen LogP contribution in [0.2, 0.25) is 5.02 Å². The first-order chi connectivity index (χ1) is 9.11. The topological polar surface area (TPSA) is 12.0 Å². The van der Waals surface area contributed by atoms with E-state index in [9.17, 15) is 4.39 Å². The molecule has 98 valence electrons. The SMILES string of the molecule is Cc1ccc(F)c(NC2Cc3ccc(Cl)cc3C2)c1. The van der Waals surface area contributed by atoms with Gasteiger partial charge in [0.25, 0.3) is 0 Å². The van der Waals surface area contributed by atoms with E-state index in [0.717, 1.165) is 23.4 Å². The quantitative estimate of drug-likeness (QED) is 0.858. The molecule has 3 rings (SSSR count). The van der Waals surface area contributed by atoms with Gasteiger partial charge in [0.15, 0.2) is 0 Å². The number of rotatable bonds is 2. The maximum absolute atomic E-state index is 13.7. The number of halogens is 2. The van der Waals surface area contributed by atoms with Crippen LogP contribution >= 0.6 is 11.6 Å². The molecule has 0 radical (unpaired) electrons. The highest BCUT2D eigenvalue weighted by Gasteiger charge is 2.22. The number of anilines is 1. The number of benzene rings is 2. The third kappa shape index (κ3) is 2.59. The Morgan fingerprint density at radius 1 is 1.11 bits per heavy atom. The lowest BCUT2D eigenvalue weighted by atomic mass is 10.1. The summed E-state index contributed by atoms with van der Waals surface area (Å²) in [6.07, 6.45) is 1.81. The molecule has 1 nitrogen and oxygen atoms in total. The highest BCUT2D eigenvalue weighted by molar-refractivity contribution is 6.30. The van der Waals surface area contributed by atoms with E-state index in [1.54, 1.807) is 6.07 Å². The van der Waals surface area contributed by atoms with E-state index in [1.807, 2.05) is 25.1 Å². The molecule has 0 aliphatic heterocycles. The molecule has 2 aromatic rings. The van der Waals surface area contributed by atoms with Crippen LogP contribution in [0.25, 0.3) is 0 Å². The summed E-state index contributed by atoms with van der Waals surface area (Å²) in [5.74, 6) is -0.195. The monoisotopic (exact) mass is 275 g/mol. The lowest BCUT2D eigenvalue weighted by Gasteiger charge is -2.14. The molecule has 1 aliphatic rings. The minimum atomic E-state index is -0.195. The zero-order chi connectivity index (χ0) is 13.4. The van der Waals surface area contributed by atoms with Gasteiger partial charge in [-0.25, -0.2) is 4.39 Å². The van der Waals surface area contributed by atoms with Gasteiger partial charge in [0.05, 0.1) is 5.69 Å². The van der Waals surface area contributed by atoms with Crippen molar-refractivity contribution in [1.82, 2.24) is 0 Å². The molecule has 1 atom stereocenters. The van der Waals surface area contributed by atoms with Crippen LogP contribution in [0, 0.1) is 12.7 Å². The Kier molecular flexibility index (Phi) is 3.19. The van der Waals surface area contributed by atoms with Crippen molar-refractivity contribution in [3.8, 4) is 0 Å². The van der Waals surface area contributed by atoms with Crippen molar-refractivity contribution in [2.24, 2.45) is 0 Å². The third-order valence-corrected chi connectivity index (χ3v) is 3.82. The first-order valence-electron chi connectivity index (χ1n) is 6.42. The van der Waals surface area contributed by atoms with Crippen molar-refractivity contribution in [3.63, 3.8) is 0 Å². The summed E-state index contributed by atoms with van der Waals surface area (Å²) in [7, 11) is 0. The highest BCUT2D eigenvalue weighted by Crippen LogP contribution is 2.28. The summed E-state index contributed by atoms with van der Waals surface area (Å²) in [5.41, 5.74) is 4.21. The maximum atomic E-state index is 13.7. The maximum Gasteiger partial charge on any atom is 0.146 e. The van der Waals surface area contributed by atoms with Crippen LogP contribution < -0.4 is 5.32 Å². The van der Waals surface area contributed by atoms with E-state index >= 15 is 0 Å². The Bertz CT molecular complexity index is 624. The number of hydrogen-bond acceptors (Lipinski definition) is 1.